The largest absolute Gasteiger partial charge is 0.394 e. The molecule has 1 amide bonds. The summed E-state index contributed by atoms with van der Waals surface area (Å²) < 4.78 is 0. The third-order valence-electron chi connectivity index (χ3n) is 4.07. The van der Waals surface area contributed by atoms with Gasteiger partial charge in [0.15, 0.2) is 0 Å². The zero-order valence-electron chi connectivity index (χ0n) is 12.0. The second-order valence-electron chi connectivity index (χ2n) is 5.57. The molecule has 3 rings (SSSR count). The first-order valence-electron chi connectivity index (χ1n) is 7.21. The van der Waals surface area contributed by atoms with E-state index in [0.29, 0.717) is 5.92 Å². The predicted molar refractivity (Wildman–Crippen MR) is 84.3 cm³/mol. The SMILES string of the molecule is Cc1ccsc1[C@@H]1C[C@@H]1C(=O)N[C@H](CO)c1ccccc1. The minimum absolute atomic E-state index is 0.0516. The molecule has 0 aliphatic heterocycles. The molecule has 0 radical (unpaired) electrons. The molecule has 21 heavy (non-hydrogen) atoms. The maximum atomic E-state index is 12.3. The van der Waals surface area contributed by atoms with Gasteiger partial charge in [0, 0.05) is 16.7 Å². The van der Waals surface area contributed by atoms with Gasteiger partial charge in [-0.2, -0.15) is 0 Å². The fourth-order valence-corrected chi connectivity index (χ4v) is 3.85. The second-order valence-corrected chi connectivity index (χ2v) is 6.52. The molecule has 0 bridgehead atoms. The molecule has 1 aromatic heterocycles. The van der Waals surface area contributed by atoms with Gasteiger partial charge in [-0.25, -0.2) is 0 Å². The van der Waals surface area contributed by atoms with Crippen LogP contribution in [0.25, 0.3) is 0 Å². The first kappa shape index (κ1) is 14.3. The number of carbonyl (C=O) groups excluding carboxylic acids is 1. The van der Waals surface area contributed by atoms with Crippen molar-refractivity contribution < 1.29 is 9.90 Å². The smallest absolute Gasteiger partial charge is 0.224 e. The van der Waals surface area contributed by atoms with E-state index in [-0.39, 0.29) is 24.5 Å². The van der Waals surface area contributed by atoms with Crippen LogP contribution in [-0.4, -0.2) is 17.6 Å². The number of rotatable bonds is 5. The summed E-state index contributed by atoms with van der Waals surface area (Å²) in [4.78, 5) is 13.7. The van der Waals surface area contributed by atoms with Gasteiger partial charge in [-0.15, -0.1) is 11.3 Å². The van der Waals surface area contributed by atoms with E-state index in [1.807, 2.05) is 30.3 Å². The van der Waals surface area contributed by atoms with E-state index in [2.05, 4.69) is 23.7 Å². The zero-order chi connectivity index (χ0) is 14.8. The summed E-state index contributed by atoms with van der Waals surface area (Å²) in [7, 11) is 0. The Morgan fingerprint density at radius 3 is 2.76 bits per heavy atom. The highest BCUT2D eigenvalue weighted by atomic mass is 32.1. The van der Waals surface area contributed by atoms with Crippen molar-refractivity contribution in [1.82, 2.24) is 5.32 Å². The maximum Gasteiger partial charge on any atom is 0.224 e. The average molecular weight is 301 g/mol. The van der Waals surface area contributed by atoms with Crippen LogP contribution < -0.4 is 5.32 Å². The van der Waals surface area contributed by atoms with Crippen molar-refractivity contribution in [3.63, 3.8) is 0 Å². The Morgan fingerprint density at radius 1 is 1.38 bits per heavy atom. The molecule has 1 fully saturated rings. The predicted octanol–water partition coefficient (Wildman–Crippen LogP) is 3.01. The second kappa shape index (κ2) is 6.00. The number of aliphatic hydroxyl groups is 1. The van der Waals surface area contributed by atoms with E-state index >= 15 is 0 Å². The van der Waals surface area contributed by atoms with E-state index < -0.39 is 0 Å². The van der Waals surface area contributed by atoms with Crippen molar-refractivity contribution >= 4 is 17.2 Å². The van der Waals surface area contributed by atoms with Gasteiger partial charge in [-0.3, -0.25) is 4.79 Å². The number of hydrogen-bond acceptors (Lipinski definition) is 3. The van der Waals surface area contributed by atoms with E-state index in [1.165, 1.54) is 10.4 Å². The summed E-state index contributed by atoms with van der Waals surface area (Å²) in [6.07, 6.45) is 0.917. The zero-order valence-corrected chi connectivity index (χ0v) is 12.8. The molecule has 1 aliphatic carbocycles. The minimum Gasteiger partial charge on any atom is -0.394 e. The lowest BCUT2D eigenvalue weighted by atomic mass is 10.1. The lowest BCUT2D eigenvalue weighted by molar-refractivity contribution is -0.123. The average Bonchev–Trinajstić information content (AvgIpc) is 3.20. The number of aryl methyl sites for hydroxylation is 1. The van der Waals surface area contributed by atoms with E-state index in [9.17, 15) is 9.90 Å². The van der Waals surface area contributed by atoms with Gasteiger partial charge >= 0.3 is 0 Å². The summed E-state index contributed by atoms with van der Waals surface area (Å²) in [6.45, 7) is 2.02. The van der Waals surface area contributed by atoms with Crippen LogP contribution >= 0.6 is 11.3 Å². The van der Waals surface area contributed by atoms with Crippen molar-refractivity contribution in [3.05, 3.63) is 57.8 Å². The minimum atomic E-state index is -0.315. The van der Waals surface area contributed by atoms with Crippen molar-refractivity contribution in [2.75, 3.05) is 6.61 Å². The Morgan fingerprint density at radius 2 is 2.14 bits per heavy atom. The lowest BCUT2D eigenvalue weighted by Crippen LogP contribution is -2.32. The number of nitrogens with one attached hydrogen (secondary N) is 1. The quantitative estimate of drug-likeness (QED) is 0.892. The van der Waals surface area contributed by atoms with E-state index in [4.69, 9.17) is 0 Å². The molecule has 110 valence electrons. The molecule has 2 aromatic rings. The van der Waals surface area contributed by atoms with Crippen molar-refractivity contribution in [1.29, 1.82) is 0 Å². The summed E-state index contributed by atoms with van der Waals surface area (Å²) in [5, 5.41) is 14.6. The topological polar surface area (TPSA) is 49.3 Å². The molecule has 3 nitrogen and oxygen atoms in total. The first-order valence-corrected chi connectivity index (χ1v) is 8.09. The van der Waals surface area contributed by atoms with Crippen LogP contribution in [0, 0.1) is 12.8 Å². The third-order valence-corrected chi connectivity index (χ3v) is 5.22. The summed E-state index contributed by atoms with van der Waals surface area (Å²) in [5.74, 6) is 0.468. The lowest BCUT2D eigenvalue weighted by Gasteiger charge is -2.16. The molecule has 4 heteroatoms. The van der Waals surface area contributed by atoms with Gasteiger partial charge in [-0.1, -0.05) is 30.3 Å². The summed E-state index contributed by atoms with van der Waals surface area (Å²) in [5.41, 5.74) is 2.22. The van der Waals surface area contributed by atoms with Crippen LogP contribution in [0.5, 0.6) is 0 Å². The van der Waals surface area contributed by atoms with Crippen molar-refractivity contribution in [2.24, 2.45) is 5.92 Å². The molecule has 2 N–H and O–H groups in total. The Bertz CT molecular complexity index is 623. The van der Waals surface area contributed by atoms with Crippen LogP contribution in [-0.2, 0) is 4.79 Å². The highest BCUT2D eigenvalue weighted by Gasteiger charge is 2.45. The molecular weight excluding hydrogens is 282 g/mol. The normalized spacial score (nSPS) is 21.8. The number of benzene rings is 1. The van der Waals surface area contributed by atoms with Crippen LogP contribution in [0.15, 0.2) is 41.8 Å². The molecule has 1 aliphatic rings. The molecule has 1 aromatic carbocycles. The molecule has 0 unspecified atom stereocenters. The van der Waals surface area contributed by atoms with Gasteiger partial charge in [0.25, 0.3) is 0 Å². The molecule has 0 saturated heterocycles. The van der Waals surface area contributed by atoms with Gasteiger partial charge in [0.1, 0.15) is 0 Å². The Balaban J connectivity index is 1.63. The van der Waals surface area contributed by atoms with Gasteiger partial charge in [-0.05, 0) is 35.9 Å². The number of aliphatic hydroxyl groups excluding tert-OH is 1. The molecule has 3 atom stereocenters. The van der Waals surface area contributed by atoms with Gasteiger partial charge in [0.05, 0.1) is 12.6 Å². The molecular formula is C17H19NO2S. The number of hydrogen-bond donors (Lipinski definition) is 2. The molecule has 0 spiro atoms. The third kappa shape index (κ3) is 3.01. The molecule has 1 heterocycles. The standard InChI is InChI=1S/C17H19NO2S/c1-11-7-8-21-16(11)13-9-14(13)17(20)18-15(10-19)12-5-3-2-4-6-12/h2-8,13-15,19H,9-10H2,1H3,(H,18,20)/t13-,14+,15-/m1/s1. The van der Waals surface area contributed by atoms with Gasteiger partial charge in [0.2, 0.25) is 5.91 Å². The van der Waals surface area contributed by atoms with Crippen LogP contribution in [0.3, 0.4) is 0 Å². The Labute approximate surface area is 128 Å². The number of thiophene rings is 1. The van der Waals surface area contributed by atoms with Gasteiger partial charge < -0.3 is 10.4 Å². The summed E-state index contributed by atoms with van der Waals surface area (Å²) in [6, 6.07) is 11.4. The summed E-state index contributed by atoms with van der Waals surface area (Å²) >= 11 is 1.73. The highest BCUT2D eigenvalue weighted by Crippen LogP contribution is 2.50. The van der Waals surface area contributed by atoms with Crippen LogP contribution in [0.1, 0.15) is 34.4 Å². The van der Waals surface area contributed by atoms with E-state index in [0.717, 1.165) is 12.0 Å². The Hall–Kier alpha value is -1.65. The monoisotopic (exact) mass is 301 g/mol. The van der Waals surface area contributed by atoms with Crippen molar-refractivity contribution in [2.45, 2.75) is 25.3 Å². The number of amides is 1. The number of carbonyl (C=O) groups is 1. The van der Waals surface area contributed by atoms with E-state index in [1.54, 1.807) is 11.3 Å². The molecule has 1 saturated carbocycles. The van der Waals surface area contributed by atoms with Crippen LogP contribution in [0.2, 0.25) is 0 Å². The fourth-order valence-electron chi connectivity index (χ4n) is 2.74. The van der Waals surface area contributed by atoms with Crippen molar-refractivity contribution in [3.8, 4) is 0 Å². The highest BCUT2D eigenvalue weighted by molar-refractivity contribution is 7.10. The Kier molecular flexibility index (Phi) is 4.08. The maximum absolute atomic E-state index is 12.3. The first-order chi connectivity index (χ1) is 10.2. The van der Waals surface area contributed by atoms with Crippen LogP contribution in [0.4, 0.5) is 0 Å². The fraction of sp³-hybridized carbons (Fsp3) is 0.353.